The summed E-state index contributed by atoms with van der Waals surface area (Å²) in [5.41, 5.74) is 1.73. The van der Waals surface area contributed by atoms with Crippen LogP contribution in [0.15, 0.2) is 24.3 Å². The van der Waals surface area contributed by atoms with E-state index >= 15 is 0 Å². The van der Waals surface area contributed by atoms with E-state index in [-0.39, 0.29) is 0 Å². The summed E-state index contributed by atoms with van der Waals surface area (Å²) < 4.78 is 0. The first-order valence-electron chi connectivity index (χ1n) is 3.81. The fraction of sp³-hybridized carbons (Fsp3) is 0.200. The molecule has 0 radical (unpaired) electrons. The summed E-state index contributed by atoms with van der Waals surface area (Å²) in [5, 5.41) is 8.54. The first-order valence-corrected chi connectivity index (χ1v) is 4.22. The third kappa shape index (κ3) is 1.90. The van der Waals surface area contributed by atoms with Crippen molar-refractivity contribution in [2.24, 2.45) is 0 Å². The summed E-state index contributed by atoms with van der Waals surface area (Å²) in [7, 11) is 0. The largest absolute Gasteiger partial charge is 0.192 e. The van der Waals surface area contributed by atoms with Crippen LogP contribution < -0.4 is 0 Å². The van der Waals surface area contributed by atoms with Gasteiger partial charge >= 0.3 is 0 Å². The van der Waals surface area contributed by atoms with Crippen molar-refractivity contribution in [3.05, 3.63) is 35.4 Å². The molecule has 1 nitrogen and oxygen atoms in total. The Bertz CT molecular complexity index is 319. The molecule has 0 heterocycles. The van der Waals surface area contributed by atoms with Gasteiger partial charge in [-0.15, -0.1) is 0 Å². The van der Waals surface area contributed by atoms with E-state index in [1.165, 1.54) is 0 Å². The smallest absolute Gasteiger partial charge is 0.0991 e. The zero-order valence-corrected chi connectivity index (χ0v) is 7.69. The Hall–Kier alpha value is -1.20. The molecule has 0 aliphatic carbocycles. The Balaban J connectivity index is 2.94. The van der Waals surface area contributed by atoms with Crippen molar-refractivity contribution >= 4 is 17.1 Å². The lowest BCUT2D eigenvalue weighted by atomic mass is 10.1. The molecule has 1 aromatic carbocycles. The van der Waals surface area contributed by atoms with Gasteiger partial charge in [-0.2, -0.15) is 5.26 Å². The predicted octanol–water partition coefficient (Wildman–Crippen LogP) is 2.69. The van der Waals surface area contributed by atoms with Crippen molar-refractivity contribution < 1.29 is 0 Å². The van der Waals surface area contributed by atoms with E-state index in [0.29, 0.717) is 5.56 Å². The number of hydrogen-bond donors (Lipinski definition) is 0. The van der Waals surface area contributed by atoms with Crippen LogP contribution in [-0.4, -0.2) is 4.86 Å². The second-order valence-corrected chi connectivity index (χ2v) is 2.96. The highest BCUT2D eigenvalue weighted by Gasteiger charge is 1.97. The van der Waals surface area contributed by atoms with Gasteiger partial charge in [-0.05, 0) is 24.1 Å². The second-order valence-electron chi connectivity index (χ2n) is 2.47. The summed E-state index contributed by atoms with van der Waals surface area (Å²) >= 11 is 5.12. The molecule has 60 valence electrons. The standard InChI is InChI=1S/C10H9NS/c1-2-10(12)9-5-3-8(7-11)4-6-9/h3-6H,2H2,1H3. The minimum atomic E-state index is 0.678. The highest BCUT2D eigenvalue weighted by Crippen LogP contribution is 2.06. The molecular formula is C10H9NS. The first kappa shape index (κ1) is 8.89. The molecular weight excluding hydrogens is 166 g/mol. The highest BCUT2D eigenvalue weighted by atomic mass is 32.1. The minimum absolute atomic E-state index is 0.678. The van der Waals surface area contributed by atoms with Crippen LogP contribution in [0.1, 0.15) is 24.5 Å². The van der Waals surface area contributed by atoms with E-state index in [4.69, 9.17) is 17.5 Å². The molecule has 0 aliphatic rings. The molecule has 0 saturated heterocycles. The van der Waals surface area contributed by atoms with Crippen LogP contribution in [0.5, 0.6) is 0 Å². The lowest BCUT2D eigenvalue weighted by Gasteiger charge is -1.98. The molecule has 0 spiro atoms. The van der Waals surface area contributed by atoms with Gasteiger partial charge in [0.05, 0.1) is 11.6 Å². The first-order chi connectivity index (χ1) is 5.77. The van der Waals surface area contributed by atoms with E-state index in [2.05, 4.69) is 6.07 Å². The van der Waals surface area contributed by atoms with Crippen LogP contribution >= 0.6 is 12.2 Å². The number of rotatable bonds is 2. The van der Waals surface area contributed by atoms with Crippen LogP contribution in [0.3, 0.4) is 0 Å². The predicted molar refractivity (Wildman–Crippen MR) is 53.1 cm³/mol. The fourth-order valence-electron chi connectivity index (χ4n) is 0.935. The third-order valence-corrected chi connectivity index (χ3v) is 2.18. The highest BCUT2D eigenvalue weighted by molar-refractivity contribution is 7.80. The topological polar surface area (TPSA) is 23.8 Å². The monoisotopic (exact) mass is 175 g/mol. The van der Waals surface area contributed by atoms with Crippen molar-refractivity contribution in [1.82, 2.24) is 0 Å². The normalized spacial score (nSPS) is 9.00. The molecule has 0 fully saturated rings. The van der Waals surface area contributed by atoms with E-state index in [1.807, 2.05) is 19.1 Å². The molecule has 0 saturated carbocycles. The molecule has 12 heavy (non-hydrogen) atoms. The fourth-order valence-corrected chi connectivity index (χ4v) is 1.07. The molecule has 0 atom stereocenters. The van der Waals surface area contributed by atoms with Gasteiger partial charge in [0, 0.05) is 4.86 Å². The average molecular weight is 175 g/mol. The summed E-state index contributed by atoms with van der Waals surface area (Å²) in [6.07, 6.45) is 0.876. The number of nitriles is 1. The Morgan fingerprint density at radius 1 is 1.42 bits per heavy atom. The SMILES string of the molecule is CCC(=S)c1ccc(C#N)cc1. The maximum Gasteiger partial charge on any atom is 0.0991 e. The maximum atomic E-state index is 8.54. The van der Waals surface area contributed by atoms with Crippen LogP contribution in [0.25, 0.3) is 0 Å². The number of nitrogens with zero attached hydrogens (tertiary/aromatic N) is 1. The zero-order chi connectivity index (χ0) is 8.97. The van der Waals surface area contributed by atoms with Gasteiger partial charge in [0.1, 0.15) is 0 Å². The third-order valence-electron chi connectivity index (χ3n) is 1.66. The number of benzene rings is 1. The number of hydrogen-bond acceptors (Lipinski definition) is 2. The molecule has 1 aromatic rings. The summed E-state index contributed by atoms with van der Waals surface area (Å²) in [5.74, 6) is 0. The number of thiocarbonyl (C=S) groups is 1. The van der Waals surface area contributed by atoms with E-state index in [1.54, 1.807) is 12.1 Å². The van der Waals surface area contributed by atoms with E-state index in [0.717, 1.165) is 16.8 Å². The van der Waals surface area contributed by atoms with E-state index < -0.39 is 0 Å². The van der Waals surface area contributed by atoms with Crippen molar-refractivity contribution in [3.63, 3.8) is 0 Å². The van der Waals surface area contributed by atoms with E-state index in [9.17, 15) is 0 Å². The van der Waals surface area contributed by atoms with Crippen LogP contribution in [0.2, 0.25) is 0 Å². The van der Waals surface area contributed by atoms with Crippen molar-refractivity contribution in [2.45, 2.75) is 13.3 Å². The summed E-state index contributed by atoms with van der Waals surface area (Å²) in [6.45, 7) is 2.03. The molecule has 1 rings (SSSR count). The molecule has 0 N–H and O–H groups in total. The van der Waals surface area contributed by atoms with Gasteiger partial charge in [0.25, 0.3) is 0 Å². The van der Waals surface area contributed by atoms with Crippen molar-refractivity contribution in [3.8, 4) is 6.07 Å². The van der Waals surface area contributed by atoms with Gasteiger partial charge in [-0.3, -0.25) is 0 Å². The Kier molecular flexibility index (Phi) is 2.95. The summed E-state index contributed by atoms with van der Waals surface area (Å²) in [4.78, 5) is 0.944. The molecule has 0 bridgehead atoms. The molecule has 2 heteroatoms. The molecule has 0 amide bonds. The molecule has 0 aliphatic heterocycles. The maximum absolute atomic E-state index is 8.54. The van der Waals surface area contributed by atoms with Gasteiger partial charge in [-0.1, -0.05) is 31.3 Å². The van der Waals surface area contributed by atoms with Crippen molar-refractivity contribution in [2.75, 3.05) is 0 Å². The lowest BCUT2D eigenvalue weighted by Crippen LogP contribution is -1.93. The summed E-state index contributed by atoms with van der Waals surface area (Å²) in [6, 6.07) is 9.43. The minimum Gasteiger partial charge on any atom is -0.192 e. The van der Waals surface area contributed by atoms with Gasteiger partial charge in [-0.25, -0.2) is 0 Å². The average Bonchev–Trinajstić information content (AvgIpc) is 2.17. The molecule has 0 aromatic heterocycles. The second kappa shape index (κ2) is 3.99. The Morgan fingerprint density at radius 3 is 2.42 bits per heavy atom. The van der Waals surface area contributed by atoms with Crippen LogP contribution in [0.4, 0.5) is 0 Å². The van der Waals surface area contributed by atoms with Crippen LogP contribution in [-0.2, 0) is 0 Å². The van der Waals surface area contributed by atoms with Gasteiger partial charge in [0.15, 0.2) is 0 Å². The van der Waals surface area contributed by atoms with Gasteiger partial charge in [0.2, 0.25) is 0 Å². The van der Waals surface area contributed by atoms with Crippen LogP contribution in [0, 0.1) is 11.3 Å². The Morgan fingerprint density at radius 2 is 2.00 bits per heavy atom. The zero-order valence-electron chi connectivity index (χ0n) is 6.87. The van der Waals surface area contributed by atoms with Gasteiger partial charge < -0.3 is 0 Å². The Labute approximate surface area is 77.6 Å². The quantitative estimate of drug-likeness (QED) is 0.509. The molecule has 0 unspecified atom stereocenters. The lowest BCUT2D eigenvalue weighted by molar-refractivity contribution is 1.31. The van der Waals surface area contributed by atoms with Crippen molar-refractivity contribution in [1.29, 1.82) is 5.26 Å².